The van der Waals surface area contributed by atoms with Crippen LogP contribution in [0, 0.1) is 6.92 Å². The molecule has 0 aliphatic carbocycles. The first-order chi connectivity index (χ1) is 9.16. The average molecular weight is 256 g/mol. The molecule has 0 saturated carbocycles. The lowest BCUT2D eigenvalue weighted by Crippen LogP contribution is -2.20. The third-order valence-electron chi connectivity index (χ3n) is 2.91. The SMILES string of the molecule is Cc1cc(NCC(C(=O)O)c2ccccc2)ccn1. The van der Waals surface area contributed by atoms with Crippen molar-refractivity contribution in [2.45, 2.75) is 12.8 Å². The Labute approximate surface area is 112 Å². The first kappa shape index (κ1) is 13.1. The molecule has 1 heterocycles. The van der Waals surface area contributed by atoms with Gasteiger partial charge in [-0.1, -0.05) is 30.3 Å². The Morgan fingerprint density at radius 2 is 2.05 bits per heavy atom. The van der Waals surface area contributed by atoms with Crippen molar-refractivity contribution >= 4 is 11.7 Å². The van der Waals surface area contributed by atoms with Gasteiger partial charge < -0.3 is 10.4 Å². The van der Waals surface area contributed by atoms with E-state index in [0.29, 0.717) is 6.54 Å². The number of nitrogens with one attached hydrogen (secondary N) is 1. The largest absolute Gasteiger partial charge is 0.481 e. The minimum absolute atomic E-state index is 0.350. The Hall–Kier alpha value is -2.36. The maximum absolute atomic E-state index is 11.3. The molecule has 0 fully saturated rings. The normalized spacial score (nSPS) is 11.8. The van der Waals surface area contributed by atoms with Gasteiger partial charge in [-0.25, -0.2) is 0 Å². The number of hydrogen-bond donors (Lipinski definition) is 2. The van der Waals surface area contributed by atoms with Crippen LogP contribution in [0.25, 0.3) is 0 Å². The molecular formula is C15H16N2O2. The average Bonchev–Trinajstić information content (AvgIpc) is 2.40. The van der Waals surface area contributed by atoms with E-state index in [4.69, 9.17) is 0 Å². The number of hydrogen-bond acceptors (Lipinski definition) is 3. The maximum Gasteiger partial charge on any atom is 0.312 e. The second-order valence-corrected chi connectivity index (χ2v) is 4.37. The number of anilines is 1. The van der Waals surface area contributed by atoms with Gasteiger partial charge in [0.1, 0.15) is 0 Å². The topological polar surface area (TPSA) is 62.2 Å². The van der Waals surface area contributed by atoms with Crippen LogP contribution in [-0.4, -0.2) is 22.6 Å². The lowest BCUT2D eigenvalue weighted by molar-refractivity contribution is -0.138. The minimum atomic E-state index is -0.829. The van der Waals surface area contributed by atoms with Crippen molar-refractivity contribution in [2.75, 3.05) is 11.9 Å². The van der Waals surface area contributed by atoms with Crippen LogP contribution in [0.5, 0.6) is 0 Å². The summed E-state index contributed by atoms with van der Waals surface area (Å²) in [5, 5.41) is 12.5. The highest BCUT2D eigenvalue weighted by Gasteiger charge is 2.19. The Kier molecular flexibility index (Phi) is 4.13. The van der Waals surface area contributed by atoms with Crippen LogP contribution in [0.4, 0.5) is 5.69 Å². The number of rotatable bonds is 5. The van der Waals surface area contributed by atoms with E-state index in [2.05, 4.69) is 10.3 Å². The number of carboxylic acids is 1. The summed E-state index contributed by atoms with van der Waals surface area (Å²) in [6.07, 6.45) is 1.70. The number of aliphatic carboxylic acids is 1. The summed E-state index contributed by atoms with van der Waals surface area (Å²) < 4.78 is 0. The molecule has 98 valence electrons. The molecule has 1 atom stereocenters. The minimum Gasteiger partial charge on any atom is -0.481 e. The molecule has 1 unspecified atom stereocenters. The van der Waals surface area contributed by atoms with Gasteiger partial charge in [0.2, 0.25) is 0 Å². The van der Waals surface area contributed by atoms with Gasteiger partial charge in [-0.3, -0.25) is 9.78 Å². The molecule has 0 radical (unpaired) electrons. The number of nitrogens with zero attached hydrogens (tertiary/aromatic N) is 1. The zero-order chi connectivity index (χ0) is 13.7. The van der Waals surface area contributed by atoms with E-state index in [-0.39, 0.29) is 0 Å². The van der Waals surface area contributed by atoms with E-state index >= 15 is 0 Å². The molecule has 0 saturated heterocycles. The van der Waals surface area contributed by atoms with Gasteiger partial charge >= 0.3 is 5.97 Å². The summed E-state index contributed by atoms with van der Waals surface area (Å²) in [6.45, 7) is 2.25. The smallest absolute Gasteiger partial charge is 0.312 e. The number of benzene rings is 1. The predicted molar refractivity (Wildman–Crippen MR) is 74.3 cm³/mol. The molecule has 0 aliphatic rings. The Morgan fingerprint density at radius 1 is 1.32 bits per heavy atom. The van der Waals surface area contributed by atoms with E-state index < -0.39 is 11.9 Å². The van der Waals surface area contributed by atoms with Crippen LogP contribution in [-0.2, 0) is 4.79 Å². The monoisotopic (exact) mass is 256 g/mol. The van der Waals surface area contributed by atoms with Crippen LogP contribution in [0.2, 0.25) is 0 Å². The Morgan fingerprint density at radius 3 is 2.68 bits per heavy atom. The molecule has 1 aromatic heterocycles. The predicted octanol–water partition coefficient (Wildman–Crippen LogP) is 2.67. The highest BCUT2D eigenvalue weighted by molar-refractivity contribution is 5.77. The number of aryl methyl sites for hydroxylation is 1. The zero-order valence-corrected chi connectivity index (χ0v) is 10.7. The second kappa shape index (κ2) is 6.00. The molecule has 4 heteroatoms. The summed E-state index contributed by atoms with van der Waals surface area (Å²) >= 11 is 0. The standard InChI is InChI=1S/C15H16N2O2/c1-11-9-13(7-8-16-11)17-10-14(15(18)19)12-5-3-2-4-6-12/h2-9,14H,10H2,1H3,(H,16,17)(H,18,19). The molecule has 0 aliphatic heterocycles. The van der Waals surface area contributed by atoms with Crippen LogP contribution >= 0.6 is 0 Å². The summed E-state index contributed by atoms with van der Waals surface area (Å²) in [7, 11) is 0. The Bertz CT molecular complexity index is 555. The van der Waals surface area contributed by atoms with Gasteiger partial charge in [0, 0.05) is 24.1 Å². The molecule has 4 nitrogen and oxygen atoms in total. The summed E-state index contributed by atoms with van der Waals surface area (Å²) in [5.74, 6) is -1.39. The van der Waals surface area contributed by atoms with Crippen molar-refractivity contribution in [1.82, 2.24) is 4.98 Å². The number of aromatic nitrogens is 1. The number of pyridine rings is 1. The highest BCUT2D eigenvalue weighted by Crippen LogP contribution is 2.17. The van der Waals surface area contributed by atoms with Crippen LogP contribution in [0.3, 0.4) is 0 Å². The second-order valence-electron chi connectivity index (χ2n) is 4.37. The summed E-state index contributed by atoms with van der Waals surface area (Å²) in [5.41, 5.74) is 2.58. The molecule has 19 heavy (non-hydrogen) atoms. The van der Waals surface area contributed by atoms with Crippen LogP contribution in [0.1, 0.15) is 17.2 Å². The fourth-order valence-corrected chi connectivity index (χ4v) is 1.91. The highest BCUT2D eigenvalue weighted by atomic mass is 16.4. The molecule has 2 aromatic rings. The number of carbonyl (C=O) groups is 1. The van der Waals surface area contributed by atoms with Gasteiger partial charge in [-0.05, 0) is 24.6 Å². The third-order valence-corrected chi connectivity index (χ3v) is 2.91. The third kappa shape index (κ3) is 3.55. The van der Waals surface area contributed by atoms with E-state index in [1.807, 2.05) is 49.4 Å². The van der Waals surface area contributed by atoms with Gasteiger partial charge in [0.15, 0.2) is 0 Å². The van der Waals surface area contributed by atoms with Crippen molar-refractivity contribution in [3.63, 3.8) is 0 Å². The molecule has 0 bridgehead atoms. The first-order valence-electron chi connectivity index (χ1n) is 6.11. The zero-order valence-electron chi connectivity index (χ0n) is 10.7. The molecule has 0 amide bonds. The van der Waals surface area contributed by atoms with E-state index in [0.717, 1.165) is 16.9 Å². The van der Waals surface area contributed by atoms with E-state index in [1.54, 1.807) is 6.20 Å². The van der Waals surface area contributed by atoms with Crippen molar-refractivity contribution in [1.29, 1.82) is 0 Å². The maximum atomic E-state index is 11.3. The van der Waals surface area contributed by atoms with Gasteiger partial charge in [-0.15, -0.1) is 0 Å². The Balaban J connectivity index is 2.08. The van der Waals surface area contributed by atoms with E-state index in [9.17, 15) is 9.90 Å². The quantitative estimate of drug-likeness (QED) is 0.863. The summed E-state index contributed by atoms with van der Waals surface area (Å²) in [6, 6.07) is 13.0. The lowest BCUT2D eigenvalue weighted by atomic mass is 9.99. The molecule has 2 N–H and O–H groups in total. The molecule has 0 spiro atoms. The van der Waals surface area contributed by atoms with Crippen molar-refractivity contribution in [2.24, 2.45) is 0 Å². The fourth-order valence-electron chi connectivity index (χ4n) is 1.91. The van der Waals surface area contributed by atoms with Crippen LogP contribution in [0.15, 0.2) is 48.7 Å². The molecular weight excluding hydrogens is 240 g/mol. The lowest BCUT2D eigenvalue weighted by Gasteiger charge is -2.14. The van der Waals surface area contributed by atoms with Gasteiger partial charge in [0.25, 0.3) is 0 Å². The first-order valence-corrected chi connectivity index (χ1v) is 6.11. The molecule has 1 aromatic carbocycles. The van der Waals surface area contributed by atoms with Crippen molar-refractivity contribution < 1.29 is 9.90 Å². The number of carboxylic acid groups (broad SMARTS) is 1. The van der Waals surface area contributed by atoms with Crippen molar-refractivity contribution in [3.05, 3.63) is 59.9 Å². The van der Waals surface area contributed by atoms with Gasteiger partial charge in [0.05, 0.1) is 5.92 Å². The van der Waals surface area contributed by atoms with Crippen molar-refractivity contribution in [3.8, 4) is 0 Å². The van der Waals surface area contributed by atoms with Crippen LogP contribution < -0.4 is 5.32 Å². The summed E-state index contributed by atoms with van der Waals surface area (Å²) in [4.78, 5) is 15.4. The fraction of sp³-hybridized carbons (Fsp3) is 0.200. The van der Waals surface area contributed by atoms with E-state index in [1.165, 1.54) is 0 Å². The molecule has 2 rings (SSSR count). The van der Waals surface area contributed by atoms with Gasteiger partial charge in [-0.2, -0.15) is 0 Å².